The standard InChI is InChI=1S/C26H38N2O5/c1-7-19(14-18(3)4)15-21(8-2)24(30)28-23(17-29)25(31)27-22(26(32-5)33-6)16-20-12-10-9-11-13-20/h7-13,15,18,22-23,26,29H,1,14,16-17H2,2-6H3,(H,27,31)(H,28,30)/b19-15+,21-8+. The van der Waals surface area contributed by atoms with Crippen molar-refractivity contribution in [3.05, 3.63) is 71.8 Å². The average molecular weight is 459 g/mol. The number of amides is 2. The van der Waals surface area contributed by atoms with Crippen molar-refractivity contribution in [3.8, 4) is 0 Å². The molecule has 0 fully saturated rings. The van der Waals surface area contributed by atoms with Crippen LogP contribution >= 0.6 is 0 Å². The minimum Gasteiger partial charge on any atom is -0.394 e. The number of carbonyl (C=O) groups excluding carboxylic acids is 2. The Morgan fingerprint density at radius 1 is 1.12 bits per heavy atom. The van der Waals surface area contributed by atoms with Crippen LogP contribution in [0.5, 0.6) is 0 Å². The Hall–Kier alpha value is -2.74. The first-order valence-corrected chi connectivity index (χ1v) is 11.1. The summed E-state index contributed by atoms with van der Waals surface area (Å²) in [4.78, 5) is 25.7. The van der Waals surface area contributed by atoms with Crippen LogP contribution in [0.1, 0.15) is 32.8 Å². The highest BCUT2D eigenvalue weighted by molar-refractivity contribution is 5.99. The highest BCUT2D eigenvalue weighted by Crippen LogP contribution is 2.15. The number of aliphatic hydroxyl groups excluding tert-OH is 1. The van der Waals surface area contributed by atoms with Crippen LogP contribution in [-0.2, 0) is 25.5 Å². The number of allylic oxidation sites excluding steroid dienone is 3. The van der Waals surface area contributed by atoms with E-state index in [0.717, 1.165) is 17.6 Å². The predicted molar refractivity (Wildman–Crippen MR) is 130 cm³/mol. The fraction of sp³-hybridized carbons (Fsp3) is 0.462. The van der Waals surface area contributed by atoms with Gasteiger partial charge < -0.3 is 25.2 Å². The fourth-order valence-electron chi connectivity index (χ4n) is 3.38. The number of carbonyl (C=O) groups is 2. The maximum Gasteiger partial charge on any atom is 0.251 e. The van der Waals surface area contributed by atoms with Crippen LogP contribution in [0.25, 0.3) is 0 Å². The molecule has 1 rings (SSSR count). The lowest BCUT2D eigenvalue weighted by molar-refractivity contribution is -0.140. The van der Waals surface area contributed by atoms with E-state index < -0.39 is 36.8 Å². The minimum atomic E-state index is -1.13. The first-order chi connectivity index (χ1) is 15.8. The van der Waals surface area contributed by atoms with Crippen molar-refractivity contribution in [1.29, 1.82) is 0 Å². The summed E-state index contributed by atoms with van der Waals surface area (Å²) in [5.74, 6) is -0.580. The zero-order chi connectivity index (χ0) is 24.8. The number of hydrogen-bond acceptors (Lipinski definition) is 5. The average Bonchev–Trinajstić information content (AvgIpc) is 2.80. The molecule has 3 N–H and O–H groups in total. The van der Waals surface area contributed by atoms with Crippen LogP contribution in [0.3, 0.4) is 0 Å². The third-order valence-corrected chi connectivity index (χ3v) is 5.04. The molecule has 0 aliphatic rings. The van der Waals surface area contributed by atoms with Gasteiger partial charge in [-0.1, -0.05) is 62.9 Å². The third kappa shape index (κ3) is 9.74. The monoisotopic (exact) mass is 458 g/mol. The zero-order valence-corrected chi connectivity index (χ0v) is 20.3. The van der Waals surface area contributed by atoms with Gasteiger partial charge in [0.25, 0.3) is 5.91 Å². The van der Waals surface area contributed by atoms with Crippen LogP contribution < -0.4 is 10.6 Å². The molecule has 182 valence electrons. The normalized spacial score (nSPS) is 14.2. The van der Waals surface area contributed by atoms with Gasteiger partial charge in [-0.3, -0.25) is 9.59 Å². The number of hydrogen-bond donors (Lipinski definition) is 3. The summed E-state index contributed by atoms with van der Waals surface area (Å²) in [6, 6.07) is 7.93. The molecule has 2 unspecified atom stereocenters. The van der Waals surface area contributed by atoms with E-state index in [1.807, 2.05) is 30.3 Å². The van der Waals surface area contributed by atoms with Crippen molar-refractivity contribution in [1.82, 2.24) is 10.6 Å². The molecule has 1 aromatic carbocycles. The van der Waals surface area contributed by atoms with Gasteiger partial charge in [-0.2, -0.15) is 0 Å². The number of aliphatic hydroxyl groups is 1. The van der Waals surface area contributed by atoms with Crippen molar-refractivity contribution < 1.29 is 24.2 Å². The predicted octanol–water partition coefficient (Wildman–Crippen LogP) is 2.91. The minimum absolute atomic E-state index is 0.393. The largest absolute Gasteiger partial charge is 0.394 e. The highest BCUT2D eigenvalue weighted by atomic mass is 16.7. The van der Waals surface area contributed by atoms with E-state index in [2.05, 4.69) is 31.1 Å². The lowest BCUT2D eigenvalue weighted by atomic mass is 10.00. The van der Waals surface area contributed by atoms with Crippen LogP contribution in [0.15, 0.2) is 66.3 Å². The van der Waals surface area contributed by atoms with Crippen molar-refractivity contribution in [2.75, 3.05) is 20.8 Å². The van der Waals surface area contributed by atoms with Crippen molar-refractivity contribution in [2.45, 2.75) is 52.0 Å². The van der Waals surface area contributed by atoms with Gasteiger partial charge in [-0.25, -0.2) is 0 Å². The number of benzene rings is 1. The number of nitrogens with one attached hydrogen (secondary N) is 2. The molecule has 0 aliphatic heterocycles. The van der Waals surface area contributed by atoms with Gasteiger partial charge in [-0.15, -0.1) is 0 Å². The van der Waals surface area contributed by atoms with Gasteiger partial charge in [-0.05, 0) is 42.9 Å². The molecule has 1 aromatic rings. The maximum atomic E-state index is 12.9. The molecule has 0 aromatic heterocycles. The Morgan fingerprint density at radius 3 is 2.24 bits per heavy atom. The second-order valence-corrected chi connectivity index (χ2v) is 8.12. The molecule has 2 atom stereocenters. The van der Waals surface area contributed by atoms with Crippen LogP contribution in [-0.4, -0.2) is 56.1 Å². The zero-order valence-electron chi connectivity index (χ0n) is 20.3. The third-order valence-electron chi connectivity index (χ3n) is 5.04. The van der Waals surface area contributed by atoms with Crippen LogP contribution in [0.2, 0.25) is 0 Å². The van der Waals surface area contributed by atoms with E-state index in [1.165, 1.54) is 14.2 Å². The molecule has 0 radical (unpaired) electrons. The van der Waals surface area contributed by atoms with Crippen molar-refractivity contribution >= 4 is 11.8 Å². The molecule has 7 nitrogen and oxygen atoms in total. The van der Waals surface area contributed by atoms with Gasteiger partial charge >= 0.3 is 0 Å². The number of ether oxygens (including phenoxy) is 2. The van der Waals surface area contributed by atoms with Gasteiger partial charge in [0.15, 0.2) is 6.29 Å². The smallest absolute Gasteiger partial charge is 0.251 e. The first kappa shape index (κ1) is 28.3. The Kier molecular flexibility index (Phi) is 13.0. The van der Waals surface area contributed by atoms with E-state index in [0.29, 0.717) is 17.9 Å². The lowest BCUT2D eigenvalue weighted by Gasteiger charge is -2.28. The molecule has 0 aliphatic carbocycles. The molecule has 33 heavy (non-hydrogen) atoms. The van der Waals surface area contributed by atoms with Crippen LogP contribution in [0, 0.1) is 5.92 Å². The summed E-state index contributed by atoms with van der Waals surface area (Å²) >= 11 is 0. The summed E-state index contributed by atoms with van der Waals surface area (Å²) in [7, 11) is 2.98. The summed E-state index contributed by atoms with van der Waals surface area (Å²) in [5.41, 5.74) is 2.29. The summed E-state index contributed by atoms with van der Waals surface area (Å²) in [6.45, 7) is 9.16. The quantitative estimate of drug-likeness (QED) is 0.226. The van der Waals surface area contributed by atoms with E-state index in [1.54, 1.807) is 25.2 Å². The molecule has 0 saturated heterocycles. The number of methoxy groups -OCH3 is 2. The van der Waals surface area contributed by atoms with Gasteiger partial charge in [0.2, 0.25) is 5.91 Å². The topological polar surface area (TPSA) is 96.9 Å². The molecule has 2 amide bonds. The molecule has 0 heterocycles. The summed E-state index contributed by atoms with van der Waals surface area (Å²) < 4.78 is 10.7. The lowest BCUT2D eigenvalue weighted by Crippen LogP contribution is -2.55. The van der Waals surface area contributed by atoms with E-state index in [9.17, 15) is 14.7 Å². The molecule has 0 saturated carbocycles. The van der Waals surface area contributed by atoms with Gasteiger partial charge in [0.1, 0.15) is 6.04 Å². The Labute approximate surface area is 197 Å². The van der Waals surface area contributed by atoms with E-state index in [-0.39, 0.29) is 0 Å². The SMILES string of the molecule is C=C/C(=C\C(=C/C)C(=O)NC(CO)C(=O)NC(Cc1ccccc1)C(OC)OC)CC(C)C. The molecule has 7 heteroatoms. The second kappa shape index (κ2) is 15.2. The molecular formula is C26H38N2O5. The molecule has 0 bridgehead atoms. The maximum absolute atomic E-state index is 12.9. The second-order valence-electron chi connectivity index (χ2n) is 8.12. The number of rotatable bonds is 14. The summed E-state index contributed by atoms with van der Waals surface area (Å²) in [6.07, 6.45) is 5.65. The van der Waals surface area contributed by atoms with Crippen molar-refractivity contribution in [2.24, 2.45) is 5.92 Å². The van der Waals surface area contributed by atoms with Gasteiger partial charge in [0.05, 0.1) is 12.6 Å². The van der Waals surface area contributed by atoms with Gasteiger partial charge in [0, 0.05) is 19.8 Å². The Balaban J connectivity index is 2.96. The highest BCUT2D eigenvalue weighted by Gasteiger charge is 2.28. The Morgan fingerprint density at radius 2 is 1.76 bits per heavy atom. The molecular weight excluding hydrogens is 420 g/mol. The van der Waals surface area contributed by atoms with Crippen LogP contribution in [0.4, 0.5) is 0 Å². The summed E-state index contributed by atoms with van der Waals surface area (Å²) in [5, 5.41) is 15.3. The fourth-order valence-corrected chi connectivity index (χ4v) is 3.38. The first-order valence-electron chi connectivity index (χ1n) is 11.1. The van der Waals surface area contributed by atoms with Crippen molar-refractivity contribution in [3.63, 3.8) is 0 Å². The Bertz CT molecular complexity index is 813. The van der Waals surface area contributed by atoms with E-state index in [4.69, 9.17) is 9.47 Å². The van der Waals surface area contributed by atoms with E-state index >= 15 is 0 Å². The molecule has 0 spiro atoms.